The van der Waals surface area contributed by atoms with Gasteiger partial charge in [0.15, 0.2) is 6.29 Å². The van der Waals surface area contributed by atoms with Crippen LogP contribution in [0.2, 0.25) is 0 Å². The zero-order chi connectivity index (χ0) is 43.6. The molecule has 4 N–H and O–H groups in total. The minimum atomic E-state index is -1.51. The van der Waals surface area contributed by atoms with E-state index in [-0.39, 0.29) is 13.2 Å². The summed E-state index contributed by atoms with van der Waals surface area (Å²) in [5, 5.41) is 42.9. The van der Waals surface area contributed by atoms with Crippen LogP contribution in [0.25, 0.3) is 55.7 Å². The van der Waals surface area contributed by atoms with E-state index in [0.717, 1.165) is 92.8 Å². The SMILES string of the molecule is CCn1c2ccccc2c2cc(-c3nc(-c4ccc(N5CCN(C)CC5)cc4)c(-c4ccc(N5CCN(C)CC5)cc4)n3CCOCCO[C@@H]3O[C@H](CO)[C@@H](O)[C@H](O)[C@H]3O)ccc21. The Morgan fingerprint density at radius 1 is 0.635 bits per heavy atom. The Balaban J connectivity index is 1.08. The number of hydrogen-bond acceptors (Lipinski definition) is 12. The minimum absolute atomic E-state index is 0.0587. The Kier molecular flexibility index (Phi) is 13.1. The number of likely N-dealkylation sites (N-methyl/N-ethyl adjacent to an activating group) is 2. The lowest BCUT2D eigenvalue weighted by Crippen LogP contribution is -2.59. The molecule has 6 aromatic rings. The molecule has 0 radical (unpaired) electrons. The largest absolute Gasteiger partial charge is 0.394 e. The molecule has 0 spiro atoms. The van der Waals surface area contributed by atoms with Crippen molar-refractivity contribution in [3.63, 3.8) is 0 Å². The number of fused-ring (bicyclic) bond motifs is 3. The molecule has 334 valence electrons. The second-order valence-corrected chi connectivity index (χ2v) is 17.1. The van der Waals surface area contributed by atoms with Gasteiger partial charge in [-0.15, -0.1) is 0 Å². The zero-order valence-corrected chi connectivity index (χ0v) is 36.6. The number of imidazole rings is 1. The summed E-state index contributed by atoms with van der Waals surface area (Å²) in [6.45, 7) is 11.6. The van der Waals surface area contributed by atoms with Gasteiger partial charge in [-0.2, -0.15) is 0 Å². The molecule has 2 aromatic heterocycles. The number of ether oxygens (including phenoxy) is 3. The average Bonchev–Trinajstić information content (AvgIpc) is 3.86. The van der Waals surface area contributed by atoms with Crippen molar-refractivity contribution in [1.29, 1.82) is 0 Å². The van der Waals surface area contributed by atoms with Crippen molar-refractivity contribution in [2.75, 3.05) is 103 Å². The molecule has 3 aliphatic heterocycles. The number of aromatic nitrogens is 3. The van der Waals surface area contributed by atoms with E-state index in [1.165, 1.54) is 33.2 Å². The third-order valence-corrected chi connectivity index (χ3v) is 13.2. The predicted molar refractivity (Wildman–Crippen MR) is 247 cm³/mol. The van der Waals surface area contributed by atoms with Gasteiger partial charge in [-0.25, -0.2) is 4.98 Å². The first kappa shape index (κ1) is 43.4. The molecule has 14 nitrogen and oxygen atoms in total. The quantitative estimate of drug-likeness (QED) is 0.116. The average molecular weight is 860 g/mol. The van der Waals surface area contributed by atoms with Gasteiger partial charge in [-0.1, -0.05) is 42.5 Å². The van der Waals surface area contributed by atoms with Crippen molar-refractivity contribution in [3.05, 3.63) is 91.0 Å². The first-order valence-corrected chi connectivity index (χ1v) is 22.4. The van der Waals surface area contributed by atoms with Gasteiger partial charge in [0.05, 0.1) is 37.8 Å². The van der Waals surface area contributed by atoms with Crippen LogP contribution in [-0.2, 0) is 27.3 Å². The molecule has 0 unspecified atom stereocenters. The normalized spacial score (nSPS) is 22.7. The molecule has 3 aliphatic rings. The van der Waals surface area contributed by atoms with Crippen LogP contribution in [0.1, 0.15) is 6.92 Å². The molecule has 3 saturated heterocycles. The first-order valence-electron chi connectivity index (χ1n) is 22.4. The van der Waals surface area contributed by atoms with Crippen molar-refractivity contribution in [3.8, 4) is 33.9 Å². The van der Waals surface area contributed by atoms with Crippen LogP contribution in [0.4, 0.5) is 11.4 Å². The Bertz CT molecular complexity index is 2450. The van der Waals surface area contributed by atoms with Gasteiger partial charge < -0.3 is 63.4 Å². The van der Waals surface area contributed by atoms with Crippen molar-refractivity contribution in [2.45, 2.75) is 50.7 Å². The highest BCUT2D eigenvalue weighted by Crippen LogP contribution is 2.40. The summed E-state index contributed by atoms with van der Waals surface area (Å²) in [5.41, 5.74) is 9.79. The molecule has 3 fully saturated rings. The summed E-state index contributed by atoms with van der Waals surface area (Å²) in [6.07, 6.45) is -6.69. The number of aryl methyl sites for hydroxylation is 1. The minimum Gasteiger partial charge on any atom is -0.394 e. The van der Waals surface area contributed by atoms with Gasteiger partial charge in [-0.3, -0.25) is 0 Å². The second kappa shape index (κ2) is 19.1. The molecule has 63 heavy (non-hydrogen) atoms. The molecular weight excluding hydrogens is 799 g/mol. The maximum absolute atomic E-state index is 10.5. The molecular formula is C49H61N7O7. The standard InChI is InChI=1S/C49H61N7O7/c1-4-55-40-8-6-5-7-38(40)39-31-35(13-18-41(39)55)48-50-43(33-9-14-36(15-10-33)53-23-19-51(2)20-24-53)44(34-11-16-37(17-12-34)54-25-21-52(3)22-26-54)56(48)27-28-61-29-30-62-49-47(60)46(59)45(58)42(32-57)63-49/h5-18,31,42,45-47,49,57-60H,4,19-30,32H2,1-3H3/t42-,45-,46+,47-,49-/m1/s1. The number of rotatable bonds is 14. The number of para-hydroxylation sites is 1. The van der Waals surface area contributed by atoms with E-state index in [1.54, 1.807) is 0 Å². The van der Waals surface area contributed by atoms with Gasteiger partial charge in [0, 0.05) is 115 Å². The summed E-state index contributed by atoms with van der Waals surface area (Å²) in [6, 6.07) is 33.0. The van der Waals surface area contributed by atoms with E-state index in [0.29, 0.717) is 13.2 Å². The van der Waals surface area contributed by atoms with E-state index in [2.05, 4.69) is 141 Å². The second-order valence-electron chi connectivity index (χ2n) is 17.1. The molecule has 9 rings (SSSR count). The monoisotopic (exact) mass is 859 g/mol. The molecule has 0 bridgehead atoms. The number of aliphatic hydroxyl groups is 4. The van der Waals surface area contributed by atoms with Crippen LogP contribution in [0.15, 0.2) is 91.0 Å². The highest BCUT2D eigenvalue weighted by molar-refractivity contribution is 6.09. The maximum Gasteiger partial charge on any atom is 0.186 e. The number of aliphatic hydroxyl groups excluding tert-OH is 4. The fourth-order valence-electron chi connectivity index (χ4n) is 9.39. The molecule has 5 atom stereocenters. The third-order valence-electron chi connectivity index (χ3n) is 13.2. The van der Waals surface area contributed by atoms with Crippen LogP contribution >= 0.6 is 0 Å². The fourth-order valence-corrected chi connectivity index (χ4v) is 9.39. The summed E-state index contributed by atoms with van der Waals surface area (Å²) in [7, 11) is 4.35. The third kappa shape index (κ3) is 8.84. The van der Waals surface area contributed by atoms with E-state index in [4.69, 9.17) is 19.2 Å². The molecule has 5 heterocycles. The number of nitrogens with zero attached hydrogens (tertiary/aromatic N) is 7. The number of hydrogen-bond donors (Lipinski definition) is 4. The number of piperazine rings is 2. The zero-order valence-electron chi connectivity index (χ0n) is 36.6. The molecule has 0 saturated carbocycles. The van der Waals surface area contributed by atoms with Crippen LogP contribution in [0, 0.1) is 0 Å². The molecule has 14 heteroatoms. The Morgan fingerprint density at radius 2 is 1.24 bits per heavy atom. The highest BCUT2D eigenvalue weighted by atomic mass is 16.7. The van der Waals surface area contributed by atoms with Gasteiger partial charge in [-0.05, 0) is 69.6 Å². The van der Waals surface area contributed by atoms with Crippen LogP contribution < -0.4 is 9.80 Å². The van der Waals surface area contributed by atoms with Gasteiger partial charge in [0.2, 0.25) is 0 Å². The topological polar surface area (TPSA) is 144 Å². The van der Waals surface area contributed by atoms with E-state index in [1.807, 2.05) is 0 Å². The molecule has 4 aromatic carbocycles. The summed E-state index contributed by atoms with van der Waals surface area (Å²) in [4.78, 5) is 15.2. The molecule has 0 aliphatic carbocycles. The lowest BCUT2D eigenvalue weighted by atomic mass is 9.99. The first-order chi connectivity index (χ1) is 30.7. The Labute approximate surface area is 369 Å². The van der Waals surface area contributed by atoms with Gasteiger partial charge >= 0.3 is 0 Å². The van der Waals surface area contributed by atoms with Gasteiger partial charge in [0.1, 0.15) is 30.2 Å². The predicted octanol–water partition coefficient (Wildman–Crippen LogP) is 4.35. The summed E-state index contributed by atoms with van der Waals surface area (Å²) < 4.78 is 22.1. The smallest absolute Gasteiger partial charge is 0.186 e. The lowest BCUT2D eigenvalue weighted by molar-refractivity contribution is -0.302. The summed E-state index contributed by atoms with van der Waals surface area (Å²) >= 11 is 0. The number of benzene rings is 4. The van der Waals surface area contributed by atoms with Crippen LogP contribution in [0.3, 0.4) is 0 Å². The van der Waals surface area contributed by atoms with E-state index < -0.39 is 37.3 Å². The Morgan fingerprint density at radius 3 is 1.87 bits per heavy atom. The van der Waals surface area contributed by atoms with E-state index in [9.17, 15) is 20.4 Å². The number of anilines is 2. The van der Waals surface area contributed by atoms with Crippen molar-refractivity contribution in [1.82, 2.24) is 23.9 Å². The van der Waals surface area contributed by atoms with E-state index >= 15 is 0 Å². The Hall–Kier alpha value is -4.87. The maximum atomic E-state index is 10.5. The van der Waals surface area contributed by atoms with Crippen molar-refractivity contribution < 1.29 is 34.6 Å². The van der Waals surface area contributed by atoms with Gasteiger partial charge in [0.25, 0.3) is 0 Å². The van der Waals surface area contributed by atoms with Crippen molar-refractivity contribution >= 4 is 33.2 Å². The fraction of sp³-hybridized carbons (Fsp3) is 0.449. The highest BCUT2D eigenvalue weighted by Gasteiger charge is 2.44. The molecule has 0 amide bonds. The lowest BCUT2D eigenvalue weighted by Gasteiger charge is -2.39. The van der Waals surface area contributed by atoms with Crippen LogP contribution in [0.5, 0.6) is 0 Å². The summed E-state index contributed by atoms with van der Waals surface area (Å²) in [5.74, 6) is 0.836. The van der Waals surface area contributed by atoms with Crippen LogP contribution in [-0.4, -0.2) is 168 Å². The van der Waals surface area contributed by atoms with Crippen molar-refractivity contribution in [2.24, 2.45) is 0 Å².